The smallest absolute Gasteiger partial charge is 0.310 e. The topological polar surface area (TPSA) is 78.6 Å². The number of pyridine rings is 1. The molecule has 5 heteroatoms. The van der Waals surface area contributed by atoms with Crippen LogP contribution in [0, 0.1) is 6.92 Å². The van der Waals surface area contributed by atoms with Gasteiger partial charge in [-0.15, -0.1) is 0 Å². The van der Waals surface area contributed by atoms with Gasteiger partial charge < -0.3 is 9.97 Å². The van der Waals surface area contributed by atoms with Gasteiger partial charge >= 0.3 is 5.69 Å². The van der Waals surface area contributed by atoms with E-state index in [9.17, 15) is 9.59 Å². The van der Waals surface area contributed by atoms with Crippen molar-refractivity contribution in [2.75, 3.05) is 0 Å². The fraction of sp³-hybridized carbons (Fsp3) is 0.182. The van der Waals surface area contributed by atoms with E-state index in [1.54, 1.807) is 25.3 Å². The number of rotatable bonds is 3. The number of carbonyl (C=O) groups excluding carboxylic acids is 1. The number of H-pyrrole nitrogens is 2. The van der Waals surface area contributed by atoms with Gasteiger partial charge in [-0.3, -0.25) is 9.78 Å². The summed E-state index contributed by atoms with van der Waals surface area (Å²) in [4.78, 5) is 31.9. The van der Waals surface area contributed by atoms with Gasteiger partial charge in [0, 0.05) is 17.6 Å². The minimum atomic E-state index is -0.359. The van der Waals surface area contributed by atoms with Gasteiger partial charge in [0.15, 0.2) is 5.78 Å². The summed E-state index contributed by atoms with van der Waals surface area (Å²) in [5, 5.41) is 0. The summed E-state index contributed by atoms with van der Waals surface area (Å²) in [5.41, 5.74) is 1.22. The second kappa shape index (κ2) is 4.14. The van der Waals surface area contributed by atoms with Crippen molar-refractivity contribution < 1.29 is 4.79 Å². The molecule has 82 valence electrons. The van der Waals surface area contributed by atoms with Crippen LogP contribution in [0.5, 0.6) is 0 Å². The molecular formula is C11H11N3O2. The Labute approximate surface area is 91.6 Å². The molecule has 2 aromatic heterocycles. The minimum absolute atomic E-state index is 0.144. The largest absolute Gasteiger partial charge is 0.323 e. The highest BCUT2D eigenvalue weighted by Crippen LogP contribution is 2.04. The average molecular weight is 217 g/mol. The van der Waals surface area contributed by atoms with Gasteiger partial charge in [0.1, 0.15) is 5.69 Å². The molecule has 2 N–H and O–H groups in total. The van der Waals surface area contributed by atoms with E-state index in [-0.39, 0.29) is 17.9 Å². The summed E-state index contributed by atoms with van der Waals surface area (Å²) in [6, 6.07) is 5.39. The van der Waals surface area contributed by atoms with Gasteiger partial charge in [-0.1, -0.05) is 6.07 Å². The Balaban J connectivity index is 2.21. The lowest BCUT2D eigenvalue weighted by Gasteiger charge is -1.98. The minimum Gasteiger partial charge on any atom is -0.310 e. The summed E-state index contributed by atoms with van der Waals surface area (Å²) in [6.45, 7) is 1.68. The first-order valence-electron chi connectivity index (χ1n) is 4.89. The van der Waals surface area contributed by atoms with Crippen molar-refractivity contribution >= 4 is 5.78 Å². The molecule has 0 bridgehead atoms. The van der Waals surface area contributed by atoms with Gasteiger partial charge in [-0.25, -0.2) is 4.79 Å². The van der Waals surface area contributed by atoms with Gasteiger partial charge in [0.25, 0.3) is 0 Å². The van der Waals surface area contributed by atoms with E-state index in [0.717, 1.165) is 0 Å². The van der Waals surface area contributed by atoms with E-state index < -0.39 is 0 Å². The second-order valence-corrected chi connectivity index (χ2v) is 3.50. The maximum Gasteiger partial charge on any atom is 0.323 e. The van der Waals surface area contributed by atoms with Crippen LogP contribution in [0.15, 0.2) is 29.2 Å². The van der Waals surface area contributed by atoms with Crippen molar-refractivity contribution in [2.24, 2.45) is 0 Å². The van der Waals surface area contributed by atoms with E-state index in [2.05, 4.69) is 15.0 Å². The first-order chi connectivity index (χ1) is 7.66. The first kappa shape index (κ1) is 10.4. The van der Waals surface area contributed by atoms with Gasteiger partial charge in [-0.05, 0) is 19.1 Å². The van der Waals surface area contributed by atoms with E-state index in [1.165, 1.54) is 0 Å². The van der Waals surface area contributed by atoms with Crippen LogP contribution in [0.1, 0.15) is 21.9 Å². The predicted octanol–water partition coefficient (Wildman–Crippen LogP) is 0.832. The zero-order chi connectivity index (χ0) is 11.5. The number of imidazole rings is 1. The first-order valence-corrected chi connectivity index (χ1v) is 4.89. The Bertz CT molecular complexity index is 554. The Hall–Kier alpha value is -2.17. The number of ketones is 1. The number of hydrogen-bond acceptors (Lipinski definition) is 3. The van der Waals surface area contributed by atoms with E-state index >= 15 is 0 Å². The molecule has 2 aromatic rings. The zero-order valence-electron chi connectivity index (χ0n) is 8.78. The van der Waals surface area contributed by atoms with Crippen LogP contribution in [0.3, 0.4) is 0 Å². The highest BCUT2D eigenvalue weighted by Gasteiger charge is 2.13. The zero-order valence-corrected chi connectivity index (χ0v) is 8.78. The maximum absolute atomic E-state index is 11.8. The van der Waals surface area contributed by atoms with E-state index in [0.29, 0.717) is 17.1 Å². The fourth-order valence-corrected chi connectivity index (χ4v) is 1.51. The van der Waals surface area contributed by atoms with Crippen LogP contribution in [-0.2, 0) is 6.42 Å². The third-order valence-corrected chi connectivity index (χ3v) is 2.26. The number of hydrogen-bond donors (Lipinski definition) is 2. The average Bonchev–Trinajstić information content (AvgIpc) is 2.59. The Kier molecular flexibility index (Phi) is 2.68. The molecule has 0 amide bonds. The monoisotopic (exact) mass is 217 g/mol. The summed E-state index contributed by atoms with van der Waals surface area (Å²) >= 11 is 0. The number of carbonyl (C=O) groups is 1. The molecule has 0 spiro atoms. The van der Waals surface area contributed by atoms with Crippen molar-refractivity contribution in [1.29, 1.82) is 0 Å². The van der Waals surface area contributed by atoms with Crippen LogP contribution in [-0.4, -0.2) is 20.7 Å². The van der Waals surface area contributed by atoms with Crippen molar-refractivity contribution in [3.8, 4) is 0 Å². The maximum atomic E-state index is 11.8. The van der Waals surface area contributed by atoms with Crippen LogP contribution < -0.4 is 5.69 Å². The molecule has 0 saturated heterocycles. The number of aryl methyl sites for hydroxylation is 1. The molecular weight excluding hydrogens is 206 g/mol. The summed E-state index contributed by atoms with van der Waals surface area (Å²) < 4.78 is 0. The molecule has 5 nitrogen and oxygen atoms in total. The summed E-state index contributed by atoms with van der Waals surface area (Å²) in [7, 11) is 0. The summed E-state index contributed by atoms with van der Waals surface area (Å²) in [5.74, 6) is -0.144. The third kappa shape index (κ3) is 2.08. The molecule has 0 aromatic carbocycles. The molecule has 0 atom stereocenters. The Morgan fingerprint density at radius 1 is 1.38 bits per heavy atom. The number of nitrogens with zero attached hydrogens (tertiary/aromatic N) is 1. The van der Waals surface area contributed by atoms with Crippen LogP contribution >= 0.6 is 0 Å². The molecule has 0 saturated carbocycles. The lowest BCUT2D eigenvalue weighted by Crippen LogP contribution is -2.08. The molecule has 0 aliphatic rings. The van der Waals surface area contributed by atoms with Crippen molar-refractivity contribution in [3.05, 3.63) is 52.0 Å². The van der Waals surface area contributed by atoms with Crippen molar-refractivity contribution in [1.82, 2.24) is 15.0 Å². The van der Waals surface area contributed by atoms with Crippen molar-refractivity contribution in [2.45, 2.75) is 13.3 Å². The van der Waals surface area contributed by atoms with Crippen LogP contribution in [0.2, 0.25) is 0 Å². The molecule has 0 radical (unpaired) electrons. The third-order valence-electron chi connectivity index (χ3n) is 2.26. The molecule has 0 unspecified atom stereocenters. The van der Waals surface area contributed by atoms with Crippen LogP contribution in [0.4, 0.5) is 0 Å². The Morgan fingerprint density at radius 2 is 2.19 bits per heavy atom. The summed E-state index contributed by atoms with van der Waals surface area (Å²) in [6.07, 6.45) is 1.82. The highest BCUT2D eigenvalue weighted by atomic mass is 16.1. The van der Waals surface area contributed by atoms with E-state index in [4.69, 9.17) is 0 Å². The normalized spacial score (nSPS) is 10.3. The van der Waals surface area contributed by atoms with Gasteiger partial charge in [-0.2, -0.15) is 0 Å². The van der Waals surface area contributed by atoms with Crippen molar-refractivity contribution in [3.63, 3.8) is 0 Å². The van der Waals surface area contributed by atoms with E-state index in [1.807, 2.05) is 6.07 Å². The molecule has 0 aliphatic heterocycles. The Morgan fingerprint density at radius 3 is 2.75 bits per heavy atom. The lowest BCUT2D eigenvalue weighted by atomic mass is 10.1. The molecule has 16 heavy (non-hydrogen) atoms. The number of aromatic amines is 2. The van der Waals surface area contributed by atoms with Crippen LogP contribution in [0.25, 0.3) is 0 Å². The second-order valence-electron chi connectivity index (χ2n) is 3.50. The standard InChI is InChI=1S/C11H11N3O2/c1-7-10(14-11(16)13-7)9(15)6-8-4-2-3-5-12-8/h2-5H,6H2,1H3,(H2,13,14,16). The number of aromatic nitrogens is 3. The number of nitrogens with one attached hydrogen (secondary N) is 2. The lowest BCUT2D eigenvalue weighted by molar-refractivity contribution is 0.0987. The molecule has 0 aliphatic carbocycles. The molecule has 0 fully saturated rings. The SMILES string of the molecule is Cc1[nH]c(=O)[nH]c1C(=O)Cc1ccccn1. The van der Waals surface area contributed by atoms with Gasteiger partial charge in [0.05, 0.1) is 6.42 Å². The highest BCUT2D eigenvalue weighted by molar-refractivity contribution is 5.96. The quantitative estimate of drug-likeness (QED) is 0.747. The fourth-order valence-electron chi connectivity index (χ4n) is 1.51. The van der Waals surface area contributed by atoms with Gasteiger partial charge in [0.2, 0.25) is 0 Å². The molecule has 2 heterocycles. The predicted molar refractivity (Wildman–Crippen MR) is 58.4 cm³/mol. The number of Topliss-reactive ketones (excluding diaryl/α,β-unsaturated/α-hetero) is 1. The molecule has 2 rings (SSSR count).